The largest absolute Gasteiger partial charge is 0.461 e. The van der Waals surface area contributed by atoms with Gasteiger partial charge in [-0.05, 0) is 48.5 Å². The zero-order valence-electron chi connectivity index (χ0n) is 12.9. The molecule has 2 aromatic carbocycles. The molecule has 2 aromatic heterocycles. The second-order valence-corrected chi connectivity index (χ2v) is 5.88. The molecule has 0 amide bonds. The van der Waals surface area contributed by atoms with Crippen LogP contribution < -0.4 is 5.43 Å². The van der Waals surface area contributed by atoms with Crippen LogP contribution in [-0.2, 0) is 0 Å². The van der Waals surface area contributed by atoms with Crippen molar-refractivity contribution in [1.29, 1.82) is 0 Å². The fourth-order valence-electron chi connectivity index (χ4n) is 2.68. The number of rotatable bonds is 3. The number of carbonyl (C=O) groups excluding carboxylic acids is 1. The number of carbonyl (C=O) groups is 1. The average Bonchev–Trinajstić information content (AvgIpc) is 3.16. The minimum absolute atomic E-state index is 0.0593. The Kier molecular flexibility index (Phi) is 3.75. The molecule has 4 aromatic rings. The maximum Gasteiger partial charge on any atom is 0.204 e. The van der Waals surface area contributed by atoms with E-state index in [1.165, 1.54) is 6.26 Å². The Bertz CT molecular complexity index is 1120. The van der Waals surface area contributed by atoms with Crippen LogP contribution in [0.25, 0.3) is 22.5 Å². The van der Waals surface area contributed by atoms with E-state index in [4.69, 9.17) is 20.4 Å². The highest BCUT2D eigenvalue weighted by Crippen LogP contribution is 2.28. The van der Waals surface area contributed by atoms with Gasteiger partial charge in [0.1, 0.15) is 11.1 Å². The molecule has 5 heteroatoms. The smallest absolute Gasteiger partial charge is 0.204 e. The number of hydrogen-bond acceptors (Lipinski definition) is 4. The quantitative estimate of drug-likeness (QED) is 0.491. The van der Waals surface area contributed by atoms with Gasteiger partial charge in [-0.25, -0.2) is 0 Å². The van der Waals surface area contributed by atoms with Gasteiger partial charge in [0.25, 0.3) is 0 Å². The summed E-state index contributed by atoms with van der Waals surface area (Å²) in [5.74, 6) is -0.00335. The van der Waals surface area contributed by atoms with Crippen LogP contribution in [0.3, 0.4) is 0 Å². The predicted octanol–water partition coefficient (Wildman–Crippen LogP) is 4.94. The Balaban J connectivity index is 2.02. The topological polar surface area (TPSA) is 60.4 Å². The Labute approximate surface area is 147 Å². The molecule has 0 saturated carbocycles. The average molecular weight is 351 g/mol. The molecule has 0 bridgehead atoms. The van der Waals surface area contributed by atoms with E-state index in [0.29, 0.717) is 27.3 Å². The molecule has 0 spiro atoms. The summed E-state index contributed by atoms with van der Waals surface area (Å²) in [5.41, 5.74) is 0.288. The summed E-state index contributed by atoms with van der Waals surface area (Å²) in [7, 11) is 0. The van der Waals surface area contributed by atoms with Crippen LogP contribution in [0.15, 0.2) is 80.6 Å². The first-order valence-electron chi connectivity index (χ1n) is 7.55. The number of benzene rings is 2. The van der Waals surface area contributed by atoms with Gasteiger partial charge in [0, 0.05) is 10.6 Å². The fraction of sp³-hybridized carbons (Fsp3) is 0. The minimum Gasteiger partial charge on any atom is -0.461 e. The van der Waals surface area contributed by atoms with Crippen LogP contribution in [0, 0.1) is 0 Å². The van der Waals surface area contributed by atoms with Crippen molar-refractivity contribution in [2.24, 2.45) is 0 Å². The molecule has 2 heterocycles. The molecular weight excluding hydrogens is 340 g/mol. The number of para-hydroxylation sites is 1. The van der Waals surface area contributed by atoms with E-state index in [-0.39, 0.29) is 11.3 Å². The zero-order chi connectivity index (χ0) is 17.4. The molecular formula is C20H11ClO4. The summed E-state index contributed by atoms with van der Waals surface area (Å²) in [6.07, 6.45) is 1.46. The predicted molar refractivity (Wildman–Crippen MR) is 95.1 cm³/mol. The van der Waals surface area contributed by atoms with Crippen molar-refractivity contribution in [3.63, 3.8) is 0 Å². The van der Waals surface area contributed by atoms with Crippen LogP contribution >= 0.6 is 11.6 Å². The van der Waals surface area contributed by atoms with Crippen molar-refractivity contribution in [3.8, 4) is 11.5 Å². The molecule has 122 valence electrons. The van der Waals surface area contributed by atoms with Gasteiger partial charge in [-0.15, -0.1) is 0 Å². The van der Waals surface area contributed by atoms with E-state index in [2.05, 4.69) is 0 Å². The lowest BCUT2D eigenvalue weighted by atomic mass is 9.99. The minimum atomic E-state index is -0.442. The SMILES string of the molecule is O=C(c1ccc(Cl)cc1)c1c(-c2ccco2)oc2ccccc2c1=O. The number of hydrogen-bond donors (Lipinski definition) is 0. The summed E-state index contributed by atoms with van der Waals surface area (Å²) in [4.78, 5) is 26.0. The van der Waals surface area contributed by atoms with Crippen molar-refractivity contribution in [2.75, 3.05) is 0 Å². The van der Waals surface area contributed by atoms with Gasteiger partial charge in [-0.2, -0.15) is 0 Å². The maximum absolute atomic E-state index is 13.0. The van der Waals surface area contributed by atoms with Gasteiger partial charge < -0.3 is 8.83 Å². The maximum atomic E-state index is 13.0. The Morgan fingerprint density at radius 3 is 2.40 bits per heavy atom. The molecule has 4 nitrogen and oxygen atoms in total. The summed E-state index contributed by atoms with van der Waals surface area (Å²) in [5, 5.41) is 0.850. The molecule has 0 N–H and O–H groups in total. The molecule has 4 rings (SSSR count). The van der Waals surface area contributed by atoms with Crippen LogP contribution in [0.5, 0.6) is 0 Å². The Morgan fingerprint density at radius 1 is 0.920 bits per heavy atom. The summed E-state index contributed by atoms with van der Waals surface area (Å²) in [6.45, 7) is 0. The summed E-state index contributed by atoms with van der Waals surface area (Å²) < 4.78 is 11.2. The van der Waals surface area contributed by atoms with Gasteiger partial charge >= 0.3 is 0 Å². The van der Waals surface area contributed by atoms with Crippen molar-refractivity contribution >= 4 is 28.4 Å². The van der Waals surface area contributed by atoms with E-state index in [1.54, 1.807) is 60.7 Å². The highest BCUT2D eigenvalue weighted by Gasteiger charge is 2.24. The molecule has 0 radical (unpaired) electrons. The highest BCUT2D eigenvalue weighted by molar-refractivity contribution is 6.30. The standard InChI is InChI=1S/C20H11ClO4/c21-13-9-7-12(8-10-13)18(22)17-19(23)14-4-1-2-5-15(14)25-20(17)16-6-3-11-24-16/h1-11H. The summed E-state index contributed by atoms with van der Waals surface area (Å²) >= 11 is 5.88. The Hall–Kier alpha value is -3.11. The fourth-order valence-corrected chi connectivity index (χ4v) is 2.80. The lowest BCUT2D eigenvalue weighted by Crippen LogP contribution is -2.17. The number of furan rings is 1. The number of fused-ring (bicyclic) bond motifs is 1. The first-order valence-corrected chi connectivity index (χ1v) is 7.93. The van der Waals surface area contributed by atoms with Gasteiger partial charge in [0.2, 0.25) is 11.2 Å². The number of halogens is 1. The van der Waals surface area contributed by atoms with Crippen molar-refractivity contribution in [2.45, 2.75) is 0 Å². The molecule has 25 heavy (non-hydrogen) atoms. The van der Waals surface area contributed by atoms with Gasteiger partial charge in [0.15, 0.2) is 11.5 Å². The second kappa shape index (κ2) is 6.07. The monoisotopic (exact) mass is 350 g/mol. The lowest BCUT2D eigenvalue weighted by Gasteiger charge is -2.08. The van der Waals surface area contributed by atoms with E-state index in [0.717, 1.165) is 0 Å². The van der Waals surface area contributed by atoms with E-state index in [9.17, 15) is 9.59 Å². The van der Waals surface area contributed by atoms with Crippen molar-refractivity contribution < 1.29 is 13.6 Å². The van der Waals surface area contributed by atoms with Crippen LogP contribution in [0.1, 0.15) is 15.9 Å². The second-order valence-electron chi connectivity index (χ2n) is 5.44. The third-order valence-corrected chi connectivity index (χ3v) is 4.13. The van der Waals surface area contributed by atoms with Crippen LogP contribution in [0.2, 0.25) is 5.02 Å². The molecule has 0 unspecified atom stereocenters. The first-order chi connectivity index (χ1) is 12.1. The third-order valence-electron chi connectivity index (χ3n) is 3.88. The van der Waals surface area contributed by atoms with Crippen molar-refractivity contribution in [3.05, 3.63) is 93.3 Å². The van der Waals surface area contributed by atoms with E-state index in [1.807, 2.05) is 0 Å². The van der Waals surface area contributed by atoms with Crippen LogP contribution in [-0.4, -0.2) is 5.78 Å². The molecule has 0 aliphatic carbocycles. The molecule has 0 fully saturated rings. The summed E-state index contributed by atoms with van der Waals surface area (Å²) in [6, 6.07) is 16.5. The zero-order valence-corrected chi connectivity index (χ0v) is 13.6. The van der Waals surface area contributed by atoms with Gasteiger partial charge in [0.05, 0.1) is 11.6 Å². The van der Waals surface area contributed by atoms with Crippen LogP contribution in [0.4, 0.5) is 0 Å². The lowest BCUT2D eigenvalue weighted by molar-refractivity contribution is 0.103. The van der Waals surface area contributed by atoms with Crippen molar-refractivity contribution in [1.82, 2.24) is 0 Å². The molecule has 0 aliphatic rings. The highest BCUT2D eigenvalue weighted by atomic mass is 35.5. The van der Waals surface area contributed by atoms with E-state index < -0.39 is 11.2 Å². The van der Waals surface area contributed by atoms with E-state index >= 15 is 0 Å². The van der Waals surface area contributed by atoms with Gasteiger partial charge in [-0.1, -0.05) is 23.7 Å². The molecule has 0 atom stereocenters. The number of ketones is 1. The van der Waals surface area contributed by atoms with Gasteiger partial charge in [-0.3, -0.25) is 9.59 Å². The normalized spacial score (nSPS) is 10.9. The first kappa shape index (κ1) is 15.4. The third kappa shape index (κ3) is 2.66. The molecule has 0 saturated heterocycles. The Morgan fingerprint density at radius 2 is 1.68 bits per heavy atom. The molecule has 0 aliphatic heterocycles.